The van der Waals surface area contributed by atoms with Gasteiger partial charge in [0.1, 0.15) is 11.6 Å². The molecule has 0 radical (unpaired) electrons. The first-order valence-electron chi connectivity index (χ1n) is 5.87. The molecule has 0 saturated carbocycles. The molecular weight excluding hydrogens is 216 g/mol. The lowest BCUT2D eigenvalue weighted by Gasteiger charge is -2.26. The van der Waals surface area contributed by atoms with Crippen molar-refractivity contribution in [1.29, 1.82) is 0 Å². The standard InChI is InChI=1S/C12H16N4O/c1-9-10(2)17-12(14-9)8-15-5-6-16-4-3-13-11(16)7-15/h3-4H,5-8H2,1-2H3. The number of hydrogen-bond donors (Lipinski definition) is 0. The fraction of sp³-hybridized carbons (Fsp3) is 0.500. The minimum Gasteiger partial charge on any atom is -0.444 e. The lowest BCUT2D eigenvalue weighted by molar-refractivity contribution is 0.189. The van der Waals surface area contributed by atoms with Gasteiger partial charge >= 0.3 is 0 Å². The highest BCUT2D eigenvalue weighted by Gasteiger charge is 2.18. The molecule has 0 saturated heterocycles. The first-order chi connectivity index (χ1) is 8.22. The highest BCUT2D eigenvalue weighted by molar-refractivity contribution is 5.05. The van der Waals surface area contributed by atoms with E-state index in [1.165, 1.54) is 0 Å². The third-order valence-corrected chi connectivity index (χ3v) is 3.26. The second-order valence-corrected chi connectivity index (χ2v) is 4.50. The van der Waals surface area contributed by atoms with E-state index in [4.69, 9.17) is 4.42 Å². The number of imidazole rings is 1. The summed E-state index contributed by atoms with van der Waals surface area (Å²) in [5.41, 5.74) is 0.985. The van der Waals surface area contributed by atoms with Gasteiger partial charge in [0, 0.05) is 25.5 Å². The number of aromatic nitrogens is 3. The molecular formula is C12H16N4O. The smallest absolute Gasteiger partial charge is 0.208 e. The second-order valence-electron chi connectivity index (χ2n) is 4.50. The van der Waals surface area contributed by atoms with Gasteiger partial charge in [0.2, 0.25) is 5.89 Å². The minimum atomic E-state index is 0.765. The molecule has 2 aromatic rings. The van der Waals surface area contributed by atoms with Crippen LogP contribution in [0, 0.1) is 13.8 Å². The summed E-state index contributed by atoms with van der Waals surface area (Å²) >= 11 is 0. The Morgan fingerprint density at radius 1 is 1.35 bits per heavy atom. The van der Waals surface area contributed by atoms with Gasteiger partial charge in [0.05, 0.1) is 18.8 Å². The Morgan fingerprint density at radius 2 is 2.24 bits per heavy atom. The van der Waals surface area contributed by atoms with E-state index in [0.717, 1.165) is 49.3 Å². The molecule has 3 rings (SSSR count). The molecule has 0 bridgehead atoms. The number of rotatable bonds is 2. The predicted octanol–water partition coefficient (Wildman–Crippen LogP) is 1.50. The molecule has 5 nitrogen and oxygen atoms in total. The van der Waals surface area contributed by atoms with Gasteiger partial charge in [-0.3, -0.25) is 4.90 Å². The first-order valence-corrected chi connectivity index (χ1v) is 5.87. The third-order valence-electron chi connectivity index (χ3n) is 3.26. The second kappa shape index (κ2) is 4.00. The van der Waals surface area contributed by atoms with Gasteiger partial charge in [-0.25, -0.2) is 9.97 Å². The molecule has 0 spiro atoms. The lowest BCUT2D eigenvalue weighted by Crippen LogP contribution is -2.33. The van der Waals surface area contributed by atoms with E-state index in [-0.39, 0.29) is 0 Å². The molecule has 3 heterocycles. The number of aryl methyl sites for hydroxylation is 2. The van der Waals surface area contributed by atoms with Crippen LogP contribution in [0.5, 0.6) is 0 Å². The molecule has 2 aromatic heterocycles. The Hall–Kier alpha value is -1.62. The molecule has 0 fully saturated rings. The molecule has 0 atom stereocenters. The van der Waals surface area contributed by atoms with Gasteiger partial charge in [0.25, 0.3) is 0 Å². The van der Waals surface area contributed by atoms with E-state index >= 15 is 0 Å². The van der Waals surface area contributed by atoms with Crippen LogP contribution in [-0.4, -0.2) is 26.0 Å². The van der Waals surface area contributed by atoms with Gasteiger partial charge in [-0.1, -0.05) is 0 Å². The van der Waals surface area contributed by atoms with E-state index < -0.39 is 0 Å². The van der Waals surface area contributed by atoms with Crippen LogP contribution in [0.1, 0.15) is 23.2 Å². The summed E-state index contributed by atoms with van der Waals surface area (Å²) in [5, 5.41) is 0. The van der Waals surface area contributed by atoms with Crippen LogP contribution in [0.4, 0.5) is 0 Å². The Bertz CT molecular complexity index is 509. The Morgan fingerprint density at radius 3 is 3.00 bits per heavy atom. The molecule has 0 aromatic carbocycles. The highest BCUT2D eigenvalue weighted by atomic mass is 16.4. The van der Waals surface area contributed by atoms with E-state index in [1.807, 2.05) is 26.2 Å². The zero-order chi connectivity index (χ0) is 11.8. The molecule has 5 heteroatoms. The maximum absolute atomic E-state index is 5.61. The molecule has 90 valence electrons. The van der Waals surface area contributed by atoms with Crippen LogP contribution >= 0.6 is 0 Å². The van der Waals surface area contributed by atoms with Crippen molar-refractivity contribution in [3.63, 3.8) is 0 Å². The molecule has 17 heavy (non-hydrogen) atoms. The van der Waals surface area contributed by atoms with Gasteiger partial charge in [-0.15, -0.1) is 0 Å². The molecule has 0 N–H and O–H groups in total. The zero-order valence-electron chi connectivity index (χ0n) is 10.2. The third kappa shape index (κ3) is 1.98. The Balaban J connectivity index is 1.71. The van der Waals surface area contributed by atoms with E-state index in [0.29, 0.717) is 0 Å². The predicted molar refractivity (Wildman–Crippen MR) is 62.3 cm³/mol. The van der Waals surface area contributed by atoms with Crippen LogP contribution in [0.3, 0.4) is 0 Å². The minimum absolute atomic E-state index is 0.765. The molecule has 0 unspecified atom stereocenters. The summed E-state index contributed by atoms with van der Waals surface area (Å²) in [6.45, 7) is 7.58. The van der Waals surface area contributed by atoms with Gasteiger partial charge < -0.3 is 8.98 Å². The van der Waals surface area contributed by atoms with Crippen LogP contribution < -0.4 is 0 Å². The summed E-state index contributed by atoms with van der Waals surface area (Å²) in [7, 11) is 0. The van der Waals surface area contributed by atoms with Crippen molar-refractivity contribution in [2.75, 3.05) is 6.54 Å². The van der Waals surface area contributed by atoms with Crippen molar-refractivity contribution in [2.24, 2.45) is 0 Å². The SMILES string of the molecule is Cc1nc(CN2CCn3ccnc3C2)oc1C. The lowest BCUT2D eigenvalue weighted by atomic mass is 10.3. The maximum Gasteiger partial charge on any atom is 0.208 e. The quantitative estimate of drug-likeness (QED) is 0.787. The summed E-state index contributed by atoms with van der Waals surface area (Å²) in [6, 6.07) is 0. The zero-order valence-corrected chi connectivity index (χ0v) is 10.2. The first kappa shape index (κ1) is 10.5. The topological polar surface area (TPSA) is 47.1 Å². The number of nitrogens with zero attached hydrogens (tertiary/aromatic N) is 4. The van der Waals surface area contributed by atoms with Crippen LogP contribution in [0.25, 0.3) is 0 Å². The fourth-order valence-electron chi connectivity index (χ4n) is 2.16. The van der Waals surface area contributed by atoms with Gasteiger partial charge in [-0.2, -0.15) is 0 Å². The Labute approximate surface area is 100 Å². The molecule has 1 aliphatic heterocycles. The number of hydrogen-bond acceptors (Lipinski definition) is 4. The van der Waals surface area contributed by atoms with Crippen molar-refractivity contribution in [1.82, 2.24) is 19.4 Å². The van der Waals surface area contributed by atoms with E-state index in [2.05, 4.69) is 19.4 Å². The van der Waals surface area contributed by atoms with Crippen molar-refractivity contribution in [3.8, 4) is 0 Å². The average Bonchev–Trinajstić information content (AvgIpc) is 2.86. The van der Waals surface area contributed by atoms with E-state index in [9.17, 15) is 0 Å². The van der Waals surface area contributed by atoms with Gasteiger partial charge in [0.15, 0.2) is 0 Å². The largest absolute Gasteiger partial charge is 0.444 e. The molecule has 1 aliphatic rings. The number of oxazole rings is 1. The van der Waals surface area contributed by atoms with Crippen LogP contribution in [-0.2, 0) is 19.6 Å². The molecule has 0 aliphatic carbocycles. The van der Waals surface area contributed by atoms with Crippen molar-refractivity contribution in [3.05, 3.63) is 35.6 Å². The average molecular weight is 232 g/mol. The normalized spacial score (nSPS) is 16.1. The van der Waals surface area contributed by atoms with Crippen molar-refractivity contribution < 1.29 is 4.42 Å². The fourth-order valence-corrected chi connectivity index (χ4v) is 2.16. The highest BCUT2D eigenvalue weighted by Crippen LogP contribution is 2.15. The monoisotopic (exact) mass is 232 g/mol. The van der Waals surface area contributed by atoms with Crippen LogP contribution in [0.2, 0.25) is 0 Å². The Kier molecular flexibility index (Phi) is 2.48. The number of fused-ring (bicyclic) bond motifs is 1. The van der Waals surface area contributed by atoms with Gasteiger partial charge in [-0.05, 0) is 13.8 Å². The van der Waals surface area contributed by atoms with Crippen LogP contribution in [0.15, 0.2) is 16.8 Å². The van der Waals surface area contributed by atoms with Crippen molar-refractivity contribution >= 4 is 0 Å². The summed E-state index contributed by atoms with van der Waals surface area (Å²) in [4.78, 5) is 11.1. The molecule has 0 amide bonds. The summed E-state index contributed by atoms with van der Waals surface area (Å²) in [5.74, 6) is 2.84. The van der Waals surface area contributed by atoms with Crippen molar-refractivity contribution in [2.45, 2.75) is 33.5 Å². The summed E-state index contributed by atoms with van der Waals surface area (Å²) < 4.78 is 7.80. The van der Waals surface area contributed by atoms with E-state index in [1.54, 1.807) is 0 Å². The maximum atomic E-state index is 5.61. The summed E-state index contributed by atoms with van der Waals surface area (Å²) in [6.07, 6.45) is 3.89.